The third kappa shape index (κ3) is 4.95. The Morgan fingerprint density at radius 1 is 1.06 bits per heavy atom. The smallest absolute Gasteiger partial charge is 0.145 e. The molecule has 1 N–H and O–H groups in total. The van der Waals surface area contributed by atoms with Crippen LogP contribution in [0.4, 0.5) is 11.5 Å². The summed E-state index contributed by atoms with van der Waals surface area (Å²) in [6.07, 6.45) is 5.34. The van der Waals surface area contributed by atoms with Crippen LogP contribution >= 0.6 is 0 Å². The molecule has 2 aromatic carbocycles. The molecule has 0 saturated heterocycles. The lowest BCUT2D eigenvalue weighted by atomic mass is 10.0. The maximum Gasteiger partial charge on any atom is 0.145 e. The van der Waals surface area contributed by atoms with Gasteiger partial charge in [0.2, 0.25) is 0 Å². The van der Waals surface area contributed by atoms with Gasteiger partial charge in [-0.3, -0.25) is 9.67 Å². The van der Waals surface area contributed by atoms with Crippen molar-refractivity contribution in [1.29, 1.82) is 0 Å². The van der Waals surface area contributed by atoms with Crippen LogP contribution in [0.25, 0.3) is 32.9 Å². The van der Waals surface area contributed by atoms with Crippen LogP contribution < -0.4 is 15.6 Å². The topological polar surface area (TPSA) is 81.0 Å². The highest BCUT2D eigenvalue weighted by Crippen LogP contribution is 2.37. The quantitative estimate of drug-likeness (QED) is 0.371. The molecule has 0 saturated carbocycles. The lowest BCUT2D eigenvalue weighted by Gasteiger charge is -2.21. The van der Waals surface area contributed by atoms with Gasteiger partial charge in [0.05, 0.1) is 22.6 Å². The normalized spacial score (nSPS) is 12.4. The van der Waals surface area contributed by atoms with E-state index in [0.717, 1.165) is 45.2 Å². The largest absolute Gasteiger partial charge is 0.489 e. The Kier molecular flexibility index (Phi) is 6.09. The van der Waals surface area contributed by atoms with E-state index in [0.29, 0.717) is 17.2 Å². The Morgan fingerprint density at radius 3 is 2.69 bits per heavy atom. The van der Waals surface area contributed by atoms with Gasteiger partial charge in [0, 0.05) is 36.4 Å². The highest BCUT2D eigenvalue weighted by Gasteiger charge is 2.17. The summed E-state index contributed by atoms with van der Waals surface area (Å²) in [6, 6.07) is 13.7. The van der Waals surface area contributed by atoms with Crippen LogP contribution in [-0.4, -0.2) is 64.2 Å². The maximum atomic E-state index is 6.46. The molecule has 0 aliphatic rings. The Hall–Kier alpha value is -3.98. The van der Waals surface area contributed by atoms with Gasteiger partial charge < -0.3 is 15.0 Å². The van der Waals surface area contributed by atoms with Gasteiger partial charge in [-0.2, -0.15) is 5.10 Å². The molecule has 3 heterocycles. The third-order valence-electron chi connectivity index (χ3n) is 5.66. The Labute approximate surface area is 205 Å². The van der Waals surface area contributed by atoms with Gasteiger partial charge in [-0.25, -0.2) is 9.97 Å². The van der Waals surface area contributed by atoms with Gasteiger partial charge in [-0.15, -0.1) is 0 Å². The maximum absolute atomic E-state index is 6.46. The van der Waals surface area contributed by atoms with Crippen molar-refractivity contribution < 1.29 is 4.74 Å². The standard InChI is InChI=1S/C26H26BN7O/c1-16(13-33(2)3)35-23-11-18(19-12-30-34(4)14-19)10-22-25(23)26(29-15-28-22)31-20-6-7-21-17(9-20)5-8-24(27)32-21/h5-12,14-16H,13H2,1-4H3,(H,28,29,31). The number of rotatable bonds is 7. The molecule has 0 bridgehead atoms. The Morgan fingerprint density at radius 2 is 1.91 bits per heavy atom. The summed E-state index contributed by atoms with van der Waals surface area (Å²) in [5.41, 5.74) is 4.98. The van der Waals surface area contributed by atoms with E-state index in [1.54, 1.807) is 17.1 Å². The molecule has 2 radical (unpaired) electrons. The summed E-state index contributed by atoms with van der Waals surface area (Å²) in [6.45, 7) is 2.83. The van der Waals surface area contributed by atoms with Crippen molar-refractivity contribution in [3.8, 4) is 16.9 Å². The SMILES string of the molecule is [B]c1ccc2cc(Nc3ncnc4cc(-c5cnn(C)c5)cc(OC(C)CN(C)C)c34)ccc2n1. The van der Waals surface area contributed by atoms with Crippen molar-refractivity contribution in [3.05, 3.63) is 61.2 Å². The van der Waals surface area contributed by atoms with E-state index in [-0.39, 0.29) is 6.10 Å². The monoisotopic (exact) mass is 463 g/mol. The number of pyridine rings is 1. The lowest BCUT2D eigenvalue weighted by molar-refractivity contribution is 0.179. The number of anilines is 2. The molecule has 1 atom stereocenters. The average Bonchev–Trinajstić information content (AvgIpc) is 3.25. The van der Waals surface area contributed by atoms with E-state index in [2.05, 4.69) is 37.2 Å². The molecule has 3 aromatic heterocycles. The van der Waals surface area contributed by atoms with E-state index in [4.69, 9.17) is 12.6 Å². The average molecular weight is 463 g/mol. The van der Waals surface area contributed by atoms with Crippen LogP contribution in [0.1, 0.15) is 6.92 Å². The molecule has 0 spiro atoms. The zero-order valence-corrected chi connectivity index (χ0v) is 20.2. The van der Waals surface area contributed by atoms with Gasteiger partial charge in [0.15, 0.2) is 0 Å². The molecular formula is C26H26BN7O. The predicted octanol–water partition coefficient (Wildman–Crippen LogP) is 3.44. The first kappa shape index (κ1) is 22.8. The summed E-state index contributed by atoms with van der Waals surface area (Å²) in [5, 5.41) is 9.58. The van der Waals surface area contributed by atoms with E-state index >= 15 is 0 Å². The first-order valence-electron chi connectivity index (χ1n) is 11.4. The van der Waals surface area contributed by atoms with Crippen molar-refractivity contribution in [3.63, 3.8) is 0 Å². The summed E-state index contributed by atoms with van der Waals surface area (Å²) < 4.78 is 8.24. The van der Waals surface area contributed by atoms with Crippen LogP contribution in [0.5, 0.6) is 5.75 Å². The van der Waals surface area contributed by atoms with E-state index in [9.17, 15) is 0 Å². The van der Waals surface area contributed by atoms with Crippen LogP contribution in [0.3, 0.4) is 0 Å². The number of ether oxygens (including phenoxy) is 1. The number of likely N-dealkylation sites (N-methyl/N-ethyl adjacent to an activating group) is 1. The number of fused-ring (bicyclic) bond motifs is 2. The zero-order valence-electron chi connectivity index (χ0n) is 20.2. The molecule has 9 heteroatoms. The second-order valence-corrected chi connectivity index (χ2v) is 8.95. The van der Waals surface area contributed by atoms with Crippen LogP contribution in [0.15, 0.2) is 61.2 Å². The molecule has 1 unspecified atom stereocenters. The van der Waals surface area contributed by atoms with E-state index in [1.165, 1.54) is 0 Å². The Balaban J connectivity index is 1.60. The molecule has 5 aromatic rings. The first-order chi connectivity index (χ1) is 16.9. The van der Waals surface area contributed by atoms with Crippen molar-refractivity contribution in [2.24, 2.45) is 7.05 Å². The number of hydrogen-bond donors (Lipinski definition) is 1. The van der Waals surface area contributed by atoms with Crippen LogP contribution in [0.2, 0.25) is 0 Å². The van der Waals surface area contributed by atoms with Gasteiger partial charge in [-0.1, -0.05) is 12.1 Å². The predicted molar refractivity (Wildman–Crippen MR) is 141 cm³/mol. The van der Waals surface area contributed by atoms with Crippen molar-refractivity contribution >= 4 is 46.8 Å². The lowest BCUT2D eigenvalue weighted by Crippen LogP contribution is -2.28. The molecule has 0 fully saturated rings. The van der Waals surface area contributed by atoms with Crippen molar-refractivity contribution in [2.75, 3.05) is 26.0 Å². The minimum absolute atomic E-state index is 0.0393. The number of benzene rings is 2. The number of hydrogen-bond acceptors (Lipinski definition) is 7. The molecular weight excluding hydrogens is 437 g/mol. The number of aryl methyl sites for hydroxylation is 1. The highest BCUT2D eigenvalue weighted by molar-refractivity contribution is 6.31. The second-order valence-electron chi connectivity index (χ2n) is 8.95. The fraction of sp³-hybridized carbons (Fsp3) is 0.231. The molecule has 0 aliphatic carbocycles. The van der Waals surface area contributed by atoms with Crippen molar-refractivity contribution in [1.82, 2.24) is 29.6 Å². The van der Waals surface area contributed by atoms with Gasteiger partial charge >= 0.3 is 0 Å². The molecule has 0 amide bonds. The summed E-state index contributed by atoms with van der Waals surface area (Å²) >= 11 is 0. The fourth-order valence-electron chi connectivity index (χ4n) is 4.20. The molecule has 5 rings (SSSR count). The van der Waals surface area contributed by atoms with Crippen LogP contribution in [-0.2, 0) is 7.05 Å². The first-order valence-corrected chi connectivity index (χ1v) is 11.4. The third-order valence-corrected chi connectivity index (χ3v) is 5.66. The fourth-order valence-corrected chi connectivity index (χ4v) is 4.20. The van der Waals surface area contributed by atoms with Gasteiger partial charge in [0.1, 0.15) is 31.8 Å². The number of nitrogens with one attached hydrogen (secondary N) is 1. The molecule has 0 aliphatic heterocycles. The highest BCUT2D eigenvalue weighted by atomic mass is 16.5. The van der Waals surface area contributed by atoms with E-state index < -0.39 is 0 Å². The summed E-state index contributed by atoms with van der Waals surface area (Å²) in [4.78, 5) is 15.6. The second kappa shape index (κ2) is 9.35. The number of nitrogens with zero attached hydrogens (tertiary/aromatic N) is 6. The zero-order chi connectivity index (χ0) is 24.5. The van der Waals surface area contributed by atoms with Gasteiger partial charge in [0.25, 0.3) is 0 Å². The molecule has 174 valence electrons. The summed E-state index contributed by atoms with van der Waals surface area (Å²) in [5.74, 6) is 1.39. The summed E-state index contributed by atoms with van der Waals surface area (Å²) in [7, 11) is 11.8. The van der Waals surface area contributed by atoms with E-state index in [1.807, 2.05) is 69.9 Å². The number of aromatic nitrogens is 5. The molecule has 8 nitrogen and oxygen atoms in total. The van der Waals surface area contributed by atoms with Crippen molar-refractivity contribution in [2.45, 2.75) is 13.0 Å². The minimum Gasteiger partial charge on any atom is -0.489 e. The molecule has 35 heavy (non-hydrogen) atoms. The van der Waals surface area contributed by atoms with Crippen LogP contribution in [0, 0.1) is 0 Å². The minimum atomic E-state index is -0.0393. The van der Waals surface area contributed by atoms with Gasteiger partial charge in [-0.05, 0) is 62.5 Å². The Bertz CT molecular complexity index is 1510.